The molecule has 3 aromatic rings. The Labute approximate surface area is 207 Å². The molecule has 1 aromatic heterocycles. The maximum atomic E-state index is 12.5. The van der Waals surface area contributed by atoms with Crippen molar-refractivity contribution in [3.05, 3.63) is 65.5 Å². The van der Waals surface area contributed by atoms with E-state index < -0.39 is 11.7 Å². The summed E-state index contributed by atoms with van der Waals surface area (Å²) in [4.78, 5) is 21.4. The molecule has 3 N–H and O–H groups in total. The normalized spacial score (nSPS) is 15.5. The maximum absolute atomic E-state index is 12.5. The van der Waals surface area contributed by atoms with Gasteiger partial charge in [-0.2, -0.15) is 0 Å². The fourth-order valence-corrected chi connectivity index (χ4v) is 4.34. The van der Waals surface area contributed by atoms with Crippen LogP contribution in [0.2, 0.25) is 0 Å². The second-order valence-corrected chi connectivity index (χ2v) is 11.1. The zero-order chi connectivity index (χ0) is 25.4. The molecule has 0 saturated heterocycles. The van der Waals surface area contributed by atoms with Gasteiger partial charge in [0.15, 0.2) is 0 Å². The third kappa shape index (κ3) is 5.98. The van der Waals surface area contributed by atoms with Crippen LogP contribution in [0, 0.1) is 0 Å². The summed E-state index contributed by atoms with van der Waals surface area (Å²) in [7, 11) is 0. The average Bonchev–Trinajstić information content (AvgIpc) is 3.13. The molecular formula is C28H34N4O3. The summed E-state index contributed by atoms with van der Waals surface area (Å²) >= 11 is 0. The van der Waals surface area contributed by atoms with Crippen LogP contribution in [0.1, 0.15) is 58.2 Å². The Bertz CT molecular complexity index is 1240. The third-order valence-electron chi connectivity index (χ3n) is 5.86. The molecule has 0 aliphatic heterocycles. The van der Waals surface area contributed by atoms with Crippen LogP contribution in [0.5, 0.6) is 0 Å². The highest BCUT2D eigenvalue weighted by molar-refractivity contribution is 5.88. The fourth-order valence-electron chi connectivity index (χ4n) is 4.34. The van der Waals surface area contributed by atoms with Crippen molar-refractivity contribution in [3.8, 4) is 11.3 Å². The Morgan fingerprint density at radius 2 is 1.77 bits per heavy atom. The largest absolute Gasteiger partial charge is 0.444 e. The van der Waals surface area contributed by atoms with Crippen molar-refractivity contribution in [2.24, 2.45) is 0 Å². The van der Waals surface area contributed by atoms with E-state index in [4.69, 9.17) is 4.74 Å². The number of rotatable bonds is 4. The number of fused-ring (bicyclic) bond motifs is 1. The molecule has 2 aromatic carbocycles. The van der Waals surface area contributed by atoms with Crippen molar-refractivity contribution in [3.63, 3.8) is 0 Å². The van der Waals surface area contributed by atoms with Crippen LogP contribution >= 0.6 is 0 Å². The van der Waals surface area contributed by atoms with Crippen molar-refractivity contribution in [1.82, 2.24) is 9.97 Å². The Hall–Kier alpha value is -3.45. The van der Waals surface area contributed by atoms with Gasteiger partial charge >= 0.3 is 6.09 Å². The van der Waals surface area contributed by atoms with Crippen molar-refractivity contribution in [2.45, 2.75) is 71.5 Å². The number of hydrogen-bond donors (Lipinski definition) is 3. The summed E-state index contributed by atoms with van der Waals surface area (Å²) in [6.07, 6.45) is 1.99. The van der Waals surface area contributed by atoms with Crippen LogP contribution in [0.3, 0.4) is 0 Å². The van der Waals surface area contributed by atoms with Gasteiger partial charge in [0.1, 0.15) is 17.7 Å². The lowest BCUT2D eigenvalue weighted by molar-refractivity contribution is 0.0635. The van der Waals surface area contributed by atoms with E-state index in [0.29, 0.717) is 24.3 Å². The predicted molar refractivity (Wildman–Crippen MR) is 139 cm³/mol. The zero-order valence-corrected chi connectivity index (χ0v) is 21.3. The molecule has 0 saturated carbocycles. The smallest absolute Gasteiger partial charge is 0.412 e. The number of carbonyl (C=O) groups excluding carboxylic acids is 1. The Morgan fingerprint density at radius 1 is 1.00 bits per heavy atom. The van der Waals surface area contributed by atoms with Gasteiger partial charge < -0.3 is 15.2 Å². The number of nitrogens with one attached hydrogen (secondary N) is 2. The monoisotopic (exact) mass is 474 g/mol. The number of hydrogen-bond acceptors (Lipinski definition) is 6. The van der Waals surface area contributed by atoms with Crippen LogP contribution in [0.25, 0.3) is 11.3 Å². The first kappa shape index (κ1) is 24.7. The van der Waals surface area contributed by atoms with Gasteiger partial charge in [-0.1, -0.05) is 45.0 Å². The van der Waals surface area contributed by atoms with Gasteiger partial charge in [0.25, 0.3) is 0 Å². The molecular weight excluding hydrogens is 440 g/mol. The Kier molecular flexibility index (Phi) is 6.56. The molecule has 1 amide bonds. The number of benzene rings is 2. The molecule has 1 heterocycles. The molecule has 0 spiro atoms. The van der Waals surface area contributed by atoms with E-state index in [-0.39, 0.29) is 11.5 Å². The fraction of sp³-hybridized carbons (Fsp3) is 0.393. The molecule has 35 heavy (non-hydrogen) atoms. The second kappa shape index (κ2) is 9.30. The number of amides is 1. The number of aromatic nitrogens is 2. The lowest BCUT2D eigenvalue weighted by atomic mass is 9.85. The standard InChI is InChI=1S/C28H34N4O3/c1-27(2,3)21-11-10-18(13-24(21)32-26(34)35-28(4,5)6)23-15-25(30-16-29-23)31-22-9-7-8-17-12-19(33)14-20(17)22/h7-11,13,15-16,19,33H,12,14H2,1-6H3,(H,32,34)(H,29,30,31). The van der Waals surface area contributed by atoms with E-state index in [9.17, 15) is 9.90 Å². The van der Waals surface area contributed by atoms with Crippen LogP contribution in [0.4, 0.5) is 22.0 Å². The number of anilines is 3. The number of carbonyl (C=O) groups is 1. The summed E-state index contributed by atoms with van der Waals surface area (Å²) in [5.74, 6) is 0.659. The summed E-state index contributed by atoms with van der Waals surface area (Å²) in [6.45, 7) is 11.8. The quantitative estimate of drug-likeness (QED) is 0.430. The molecule has 7 heteroatoms. The highest BCUT2D eigenvalue weighted by atomic mass is 16.6. The van der Waals surface area contributed by atoms with Gasteiger partial charge in [-0.05, 0) is 61.4 Å². The molecule has 4 rings (SSSR count). The lowest BCUT2D eigenvalue weighted by Crippen LogP contribution is -2.28. The van der Waals surface area contributed by atoms with Crippen LogP contribution in [-0.2, 0) is 23.0 Å². The number of ether oxygens (including phenoxy) is 1. The molecule has 184 valence electrons. The first-order valence-corrected chi connectivity index (χ1v) is 11.9. The van der Waals surface area contributed by atoms with Crippen molar-refractivity contribution >= 4 is 23.3 Å². The van der Waals surface area contributed by atoms with Crippen LogP contribution in [0.15, 0.2) is 48.8 Å². The summed E-state index contributed by atoms with van der Waals surface area (Å²) in [5, 5.41) is 16.4. The summed E-state index contributed by atoms with van der Waals surface area (Å²) in [6, 6.07) is 13.9. The third-order valence-corrected chi connectivity index (χ3v) is 5.86. The molecule has 0 fully saturated rings. The van der Waals surface area contributed by atoms with Crippen molar-refractivity contribution in [2.75, 3.05) is 10.6 Å². The first-order chi connectivity index (χ1) is 16.4. The van der Waals surface area contributed by atoms with Gasteiger partial charge in [-0.15, -0.1) is 0 Å². The van der Waals surface area contributed by atoms with Gasteiger partial charge in [0, 0.05) is 29.4 Å². The number of nitrogens with zero attached hydrogens (tertiary/aromatic N) is 2. The molecule has 1 atom stereocenters. The maximum Gasteiger partial charge on any atom is 0.412 e. The summed E-state index contributed by atoms with van der Waals surface area (Å²) in [5.41, 5.74) is 5.71. The Morgan fingerprint density at radius 3 is 2.49 bits per heavy atom. The van der Waals surface area contributed by atoms with E-state index in [1.54, 1.807) is 0 Å². The highest BCUT2D eigenvalue weighted by Crippen LogP contribution is 2.35. The molecule has 1 unspecified atom stereocenters. The molecule has 1 aliphatic carbocycles. The van der Waals surface area contributed by atoms with E-state index in [1.165, 1.54) is 6.33 Å². The average molecular weight is 475 g/mol. The molecule has 0 bridgehead atoms. The Balaban J connectivity index is 1.64. The molecule has 1 aliphatic rings. The second-order valence-electron chi connectivity index (χ2n) is 11.1. The highest BCUT2D eigenvalue weighted by Gasteiger charge is 2.24. The first-order valence-electron chi connectivity index (χ1n) is 11.9. The predicted octanol–water partition coefficient (Wildman–Crippen LogP) is 5.99. The van der Waals surface area contributed by atoms with Gasteiger partial charge in [-0.3, -0.25) is 5.32 Å². The minimum Gasteiger partial charge on any atom is -0.444 e. The van der Waals surface area contributed by atoms with Crippen LogP contribution < -0.4 is 10.6 Å². The van der Waals surface area contributed by atoms with Gasteiger partial charge in [0.05, 0.1) is 11.8 Å². The lowest BCUT2D eigenvalue weighted by Gasteiger charge is -2.25. The number of aliphatic hydroxyl groups is 1. The molecule has 0 radical (unpaired) electrons. The molecule has 7 nitrogen and oxygen atoms in total. The minimum absolute atomic E-state index is 0.181. The number of aliphatic hydroxyl groups excluding tert-OH is 1. The van der Waals surface area contributed by atoms with Crippen LogP contribution in [-0.4, -0.2) is 32.9 Å². The van der Waals surface area contributed by atoms with Gasteiger partial charge in [-0.25, -0.2) is 14.8 Å². The van der Waals surface area contributed by atoms with Crippen molar-refractivity contribution < 1.29 is 14.6 Å². The minimum atomic E-state index is -0.593. The topological polar surface area (TPSA) is 96.4 Å². The summed E-state index contributed by atoms with van der Waals surface area (Å²) < 4.78 is 5.48. The van der Waals surface area contributed by atoms with Gasteiger partial charge in [0.2, 0.25) is 0 Å². The van der Waals surface area contributed by atoms with E-state index in [0.717, 1.165) is 33.6 Å². The van der Waals surface area contributed by atoms with E-state index in [2.05, 4.69) is 47.4 Å². The van der Waals surface area contributed by atoms with Crippen molar-refractivity contribution in [1.29, 1.82) is 0 Å². The SMILES string of the molecule is CC(C)(C)OC(=O)Nc1cc(-c2cc(Nc3cccc4c3CC(O)C4)ncn2)ccc1C(C)(C)C. The van der Waals surface area contributed by atoms with E-state index in [1.807, 2.05) is 57.2 Å². The zero-order valence-electron chi connectivity index (χ0n) is 21.3. The van der Waals surface area contributed by atoms with E-state index >= 15 is 0 Å².